The summed E-state index contributed by atoms with van der Waals surface area (Å²) in [5.74, 6) is 0. The Bertz CT molecular complexity index is 555. The van der Waals surface area contributed by atoms with E-state index in [9.17, 15) is 13.2 Å². The number of nitrogens with zero attached hydrogens (tertiary/aromatic N) is 2. The van der Waals surface area contributed by atoms with Gasteiger partial charge in [-0.05, 0) is 24.3 Å². The van der Waals surface area contributed by atoms with Crippen LogP contribution in [0.5, 0.6) is 0 Å². The van der Waals surface area contributed by atoms with Crippen LogP contribution in [0.4, 0.5) is 13.2 Å². The summed E-state index contributed by atoms with van der Waals surface area (Å²) in [5.41, 5.74) is 5.47. The highest BCUT2D eigenvalue weighted by molar-refractivity contribution is 7.99. The molecule has 0 unspecified atom stereocenters. The number of nitrogens with two attached hydrogens (primary N) is 1. The van der Waals surface area contributed by atoms with Crippen molar-refractivity contribution >= 4 is 11.8 Å². The van der Waals surface area contributed by atoms with Gasteiger partial charge in [0.05, 0.1) is 11.3 Å². The smallest absolute Gasteiger partial charge is 0.325 e. The molecule has 0 saturated heterocycles. The van der Waals surface area contributed by atoms with Gasteiger partial charge in [-0.1, -0.05) is 11.8 Å². The number of aromatic nitrogens is 2. The van der Waals surface area contributed by atoms with Crippen molar-refractivity contribution in [2.24, 2.45) is 5.73 Å². The van der Waals surface area contributed by atoms with Crippen LogP contribution in [0.3, 0.4) is 0 Å². The van der Waals surface area contributed by atoms with E-state index in [0.717, 1.165) is 17.2 Å². The molecular weight excluding hydrogens is 275 g/mol. The van der Waals surface area contributed by atoms with Crippen LogP contribution in [0.1, 0.15) is 11.3 Å². The molecule has 0 atom stereocenters. The fourth-order valence-electron chi connectivity index (χ4n) is 1.39. The molecule has 0 aromatic carbocycles. The fraction of sp³-hybridized carbons (Fsp3) is 0.167. The molecular formula is C12H10F3N3S. The first kappa shape index (κ1) is 13.8. The average Bonchev–Trinajstić information content (AvgIpc) is 2.39. The largest absolute Gasteiger partial charge is 0.417 e. The maximum atomic E-state index is 12.4. The molecule has 2 heterocycles. The molecule has 3 nitrogen and oxygen atoms in total. The maximum Gasteiger partial charge on any atom is 0.417 e. The van der Waals surface area contributed by atoms with Crippen LogP contribution in [0.2, 0.25) is 0 Å². The molecule has 0 aliphatic heterocycles. The summed E-state index contributed by atoms with van der Waals surface area (Å²) < 4.78 is 37.2. The van der Waals surface area contributed by atoms with Gasteiger partial charge in [-0.2, -0.15) is 13.2 Å². The van der Waals surface area contributed by atoms with Gasteiger partial charge in [-0.25, -0.2) is 4.98 Å². The second-order valence-electron chi connectivity index (χ2n) is 3.64. The SMILES string of the molecule is NCc1ncccc1Sc1ccc(C(F)(F)F)cn1. The van der Waals surface area contributed by atoms with Crippen molar-refractivity contribution in [3.05, 3.63) is 47.9 Å². The molecule has 2 aromatic rings. The van der Waals surface area contributed by atoms with Crippen LogP contribution >= 0.6 is 11.8 Å². The Morgan fingerprint density at radius 3 is 2.53 bits per heavy atom. The van der Waals surface area contributed by atoms with Crippen molar-refractivity contribution < 1.29 is 13.2 Å². The van der Waals surface area contributed by atoms with Gasteiger partial charge in [-0.15, -0.1) is 0 Å². The molecule has 0 radical (unpaired) electrons. The zero-order valence-electron chi connectivity index (χ0n) is 9.69. The molecule has 100 valence electrons. The third kappa shape index (κ3) is 3.45. The quantitative estimate of drug-likeness (QED) is 0.941. The summed E-state index contributed by atoms with van der Waals surface area (Å²) >= 11 is 1.24. The predicted octanol–water partition coefficient (Wildman–Crippen LogP) is 3.11. The van der Waals surface area contributed by atoms with Crippen molar-refractivity contribution in [1.82, 2.24) is 9.97 Å². The molecule has 0 bridgehead atoms. The summed E-state index contributed by atoms with van der Waals surface area (Å²) in [6.45, 7) is 0.268. The van der Waals surface area contributed by atoms with Crippen LogP contribution in [-0.2, 0) is 12.7 Å². The van der Waals surface area contributed by atoms with Crippen molar-refractivity contribution in [3.63, 3.8) is 0 Å². The van der Waals surface area contributed by atoms with E-state index in [1.807, 2.05) is 0 Å². The predicted molar refractivity (Wildman–Crippen MR) is 65.5 cm³/mol. The van der Waals surface area contributed by atoms with Gasteiger partial charge in [0.25, 0.3) is 0 Å². The molecule has 0 saturated carbocycles. The summed E-state index contributed by atoms with van der Waals surface area (Å²) in [5, 5.41) is 0.468. The zero-order valence-corrected chi connectivity index (χ0v) is 10.5. The lowest BCUT2D eigenvalue weighted by Gasteiger charge is -2.08. The first-order chi connectivity index (χ1) is 9.00. The normalized spacial score (nSPS) is 11.6. The number of halogens is 3. The number of pyridine rings is 2. The minimum absolute atomic E-state index is 0.268. The minimum Gasteiger partial charge on any atom is -0.325 e. The Hall–Kier alpha value is -1.60. The summed E-state index contributed by atoms with van der Waals surface area (Å²) in [6, 6.07) is 5.89. The van der Waals surface area contributed by atoms with Gasteiger partial charge in [-0.3, -0.25) is 4.98 Å². The van der Waals surface area contributed by atoms with E-state index in [1.165, 1.54) is 17.8 Å². The van der Waals surface area contributed by atoms with E-state index < -0.39 is 11.7 Å². The van der Waals surface area contributed by atoms with Crippen molar-refractivity contribution in [2.75, 3.05) is 0 Å². The molecule has 0 fully saturated rings. The van der Waals surface area contributed by atoms with E-state index in [1.54, 1.807) is 18.3 Å². The third-order valence-electron chi connectivity index (χ3n) is 2.32. The lowest BCUT2D eigenvalue weighted by Crippen LogP contribution is -2.05. The summed E-state index contributed by atoms with van der Waals surface area (Å²) in [7, 11) is 0. The molecule has 19 heavy (non-hydrogen) atoms. The number of hydrogen-bond acceptors (Lipinski definition) is 4. The lowest BCUT2D eigenvalue weighted by molar-refractivity contribution is -0.137. The standard InChI is InChI=1S/C12H10F3N3S/c13-12(14,15)8-3-4-11(18-7-8)19-10-2-1-5-17-9(10)6-16/h1-5,7H,6,16H2. The molecule has 2 N–H and O–H groups in total. The van der Waals surface area contributed by atoms with Gasteiger partial charge < -0.3 is 5.73 Å². The van der Waals surface area contributed by atoms with Gasteiger partial charge in [0.15, 0.2) is 0 Å². The Balaban J connectivity index is 2.20. The first-order valence-corrected chi connectivity index (χ1v) is 6.17. The molecule has 7 heteroatoms. The van der Waals surface area contributed by atoms with Crippen molar-refractivity contribution in [3.8, 4) is 0 Å². The minimum atomic E-state index is -4.37. The van der Waals surface area contributed by atoms with Crippen LogP contribution < -0.4 is 5.73 Å². The number of hydrogen-bond donors (Lipinski definition) is 1. The second-order valence-corrected chi connectivity index (χ2v) is 4.70. The third-order valence-corrected chi connectivity index (χ3v) is 3.36. The maximum absolute atomic E-state index is 12.4. The number of alkyl halides is 3. The van der Waals surface area contributed by atoms with Crippen LogP contribution in [0.15, 0.2) is 46.6 Å². The van der Waals surface area contributed by atoms with Crippen LogP contribution in [-0.4, -0.2) is 9.97 Å². The highest BCUT2D eigenvalue weighted by Gasteiger charge is 2.30. The van der Waals surface area contributed by atoms with Crippen LogP contribution in [0.25, 0.3) is 0 Å². The van der Waals surface area contributed by atoms with E-state index in [-0.39, 0.29) is 6.54 Å². The topological polar surface area (TPSA) is 51.8 Å². The lowest BCUT2D eigenvalue weighted by atomic mass is 10.3. The Morgan fingerprint density at radius 1 is 1.16 bits per heavy atom. The van der Waals surface area contributed by atoms with E-state index in [2.05, 4.69) is 9.97 Å². The summed E-state index contributed by atoms with van der Waals surface area (Å²) in [6.07, 6.45) is -1.93. The van der Waals surface area contributed by atoms with Crippen molar-refractivity contribution in [1.29, 1.82) is 0 Å². The summed E-state index contributed by atoms with van der Waals surface area (Å²) in [4.78, 5) is 8.68. The van der Waals surface area contributed by atoms with E-state index >= 15 is 0 Å². The Morgan fingerprint density at radius 2 is 1.95 bits per heavy atom. The molecule has 0 spiro atoms. The molecule has 0 aliphatic rings. The van der Waals surface area contributed by atoms with E-state index in [4.69, 9.17) is 5.73 Å². The van der Waals surface area contributed by atoms with Gasteiger partial charge in [0, 0.05) is 23.8 Å². The Kier molecular flexibility index (Phi) is 4.06. The highest BCUT2D eigenvalue weighted by Crippen LogP contribution is 2.32. The average molecular weight is 285 g/mol. The Labute approximate surface area is 112 Å². The number of rotatable bonds is 3. The zero-order chi connectivity index (χ0) is 13.9. The monoisotopic (exact) mass is 285 g/mol. The second kappa shape index (κ2) is 5.58. The fourth-order valence-corrected chi connectivity index (χ4v) is 2.26. The van der Waals surface area contributed by atoms with E-state index in [0.29, 0.717) is 10.7 Å². The highest BCUT2D eigenvalue weighted by atomic mass is 32.2. The van der Waals surface area contributed by atoms with Crippen molar-refractivity contribution in [2.45, 2.75) is 22.6 Å². The first-order valence-electron chi connectivity index (χ1n) is 5.36. The van der Waals surface area contributed by atoms with Crippen LogP contribution in [0, 0.1) is 0 Å². The molecule has 2 rings (SSSR count). The molecule has 2 aromatic heterocycles. The van der Waals surface area contributed by atoms with Gasteiger partial charge in [0.1, 0.15) is 5.03 Å². The van der Waals surface area contributed by atoms with Gasteiger partial charge in [0.2, 0.25) is 0 Å². The van der Waals surface area contributed by atoms with Gasteiger partial charge >= 0.3 is 6.18 Å². The molecule has 0 amide bonds. The molecule has 0 aliphatic carbocycles.